The third-order valence-electron chi connectivity index (χ3n) is 4.48. The number of benzene rings is 1. The van der Waals surface area contributed by atoms with E-state index in [4.69, 9.17) is 13.9 Å². The molecule has 2 N–H and O–H groups in total. The fourth-order valence-corrected chi connectivity index (χ4v) is 3.05. The molecule has 3 rings (SSSR count). The van der Waals surface area contributed by atoms with E-state index >= 15 is 0 Å². The molecule has 0 aliphatic carbocycles. The van der Waals surface area contributed by atoms with E-state index in [-0.39, 0.29) is 23.3 Å². The van der Waals surface area contributed by atoms with Crippen LogP contribution in [0.1, 0.15) is 27.9 Å². The Hall–Kier alpha value is -2.51. The number of hydrogen-bond donors (Lipinski definition) is 2. The van der Waals surface area contributed by atoms with Gasteiger partial charge in [0.05, 0.1) is 31.9 Å². The molecule has 1 fully saturated rings. The second kappa shape index (κ2) is 8.25. The lowest BCUT2D eigenvalue weighted by Gasteiger charge is -2.33. The van der Waals surface area contributed by atoms with Crippen molar-refractivity contribution < 1.29 is 23.8 Å². The number of nitrogens with one attached hydrogen (secondary N) is 1. The third kappa shape index (κ3) is 4.17. The van der Waals surface area contributed by atoms with E-state index in [9.17, 15) is 9.90 Å². The predicted octanol–water partition coefficient (Wildman–Crippen LogP) is 2.11. The minimum absolute atomic E-state index is 0.0862. The molecular formula is C19H24N2O5. The molecule has 26 heavy (non-hydrogen) atoms. The summed E-state index contributed by atoms with van der Waals surface area (Å²) >= 11 is 0. The first kappa shape index (κ1) is 18.3. The standard InChI is InChI=1S/C19H24N2O5/c1-13-3-6-18(26-13)16(21-7-9-25-10-8-21)12-20-19(23)15-5-4-14(24-2)11-17(15)22/h3-6,11,16,22H,7-10,12H2,1-2H3,(H,20,23). The fourth-order valence-electron chi connectivity index (χ4n) is 3.05. The van der Waals surface area contributed by atoms with Gasteiger partial charge >= 0.3 is 0 Å². The van der Waals surface area contributed by atoms with Gasteiger partial charge in [-0.1, -0.05) is 0 Å². The number of rotatable bonds is 6. The van der Waals surface area contributed by atoms with E-state index < -0.39 is 0 Å². The van der Waals surface area contributed by atoms with Gasteiger partial charge in [-0.15, -0.1) is 0 Å². The number of furan rings is 1. The third-order valence-corrected chi connectivity index (χ3v) is 4.48. The second-order valence-electron chi connectivity index (χ2n) is 6.21. The maximum absolute atomic E-state index is 12.5. The van der Waals surface area contributed by atoms with Crippen LogP contribution >= 0.6 is 0 Å². The van der Waals surface area contributed by atoms with Crippen LogP contribution < -0.4 is 10.1 Å². The Morgan fingerprint density at radius 2 is 2.08 bits per heavy atom. The van der Waals surface area contributed by atoms with E-state index in [0.29, 0.717) is 25.5 Å². The number of phenols is 1. The predicted molar refractivity (Wildman–Crippen MR) is 95.6 cm³/mol. The monoisotopic (exact) mass is 360 g/mol. The lowest BCUT2D eigenvalue weighted by atomic mass is 10.1. The van der Waals surface area contributed by atoms with E-state index in [1.807, 2.05) is 19.1 Å². The zero-order valence-electron chi connectivity index (χ0n) is 15.0. The van der Waals surface area contributed by atoms with Crippen molar-refractivity contribution in [1.82, 2.24) is 10.2 Å². The van der Waals surface area contributed by atoms with Crippen LogP contribution in [-0.2, 0) is 4.74 Å². The molecule has 0 radical (unpaired) electrons. The number of morpholine rings is 1. The number of methoxy groups -OCH3 is 1. The topological polar surface area (TPSA) is 84.2 Å². The Kier molecular flexibility index (Phi) is 5.80. The van der Waals surface area contributed by atoms with Crippen molar-refractivity contribution >= 4 is 5.91 Å². The summed E-state index contributed by atoms with van der Waals surface area (Å²) in [4.78, 5) is 14.7. The van der Waals surface area contributed by atoms with Crippen LogP contribution in [0, 0.1) is 6.92 Å². The molecular weight excluding hydrogens is 336 g/mol. The minimum Gasteiger partial charge on any atom is -0.507 e. The quantitative estimate of drug-likeness (QED) is 0.821. The highest BCUT2D eigenvalue weighted by Crippen LogP contribution is 2.25. The van der Waals surface area contributed by atoms with Crippen LogP contribution in [0.15, 0.2) is 34.7 Å². The van der Waals surface area contributed by atoms with E-state index in [0.717, 1.165) is 24.6 Å². The average molecular weight is 360 g/mol. The number of hydrogen-bond acceptors (Lipinski definition) is 6. The number of amides is 1. The Balaban J connectivity index is 1.71. The maximum atomic E-state index is 12.5. The molecule has 1 saturated heterocycles. The largest absolute Gasteiger partial charge is 0.507 e. The summed E-state index contributed by atoms with van der Waals surface area (Å²) in [6, 6.07) is 8.38. The van der Waals surface area contributed by atoms with Crippen molar-refractivity contribution in [3.05, 3.63) is 47.4 Å². The van der Waals surface area contributed by atoms with Crippen molar-refractivity contribution in [3.63, 3.8) is 0 Å². The van der Waals surface area contributed by atoms with Crippen molar-refractivity contribution in [2.24, 2.45) is 0 Å². The number of ether oxygens (including phenoxy) is 2. The molecule has 7 nitrogen and oxygen atoms in total. The number of aromatic hydroxyl groups is 1. The molecule has 0 spiro atoms. The number of nitrogens with zero attached hydrogens (tertiary/aromatic N) is 1. The summed E-state index contributed by atoms with van der Waals surface area (Å²) in [6.07, 6.45) is 0. The van der Waals surface area contributed by atoms with Crippen molar-refractivity contribution in [3.8, 4) is 11.5 Å². The first-order valence-corrected chi connectivity index (χ1v) is 8.62. The Morgan fingerprint density at radius 1 is 1.31 bits per heavy atom. The van der Waals surface area contributed by atoms with Crippen LogP contribution in [0.4, 0.5) is 0 Å². The summed E-state index contributed by atoms with van der Waals surface area (Å²) < 4.78 is 16.3. The van der Waals surface area contributed by atoms with Crippen LogP contribution in [0.3, 0.4) is 0 Å². The highest BCUT2D eigenvalue weighted by Gasteiger charge is 2.26. The van der Waals surface area contributed by atoms with Gasteiger partial charge in [0.1, 0.15) is 23.0 Å². The summed E-state index contributed by atoms with van der Waals surface area (Å²) in [5.74, 6) is 1.68. The SMILES string of the molecule is COc1ccc(C(=O)NCC(c2ccc(C)o2)N2CCOCC2)c(O)c1. The van der Waals surface area contributed by atoms with Gasteiger partial charge < -0.3 is 24.3 Å². The fraction of sp³-hybridized carbons (Fsp3) is 0.421. The van der Waals surface area contributed by atoms with Gasteiger partial charge in [0.2, 0.25) is 0 Å². The van der Waals surface area contributed by atoms with Crippen LogP contribution in [0.25, 0.3) is 0 Å². The van der Waals surface area contributed by atoms with Gasteiger partial charge in [0, 0.05) is 25.7 Å². The Morgan fingerprint density at radius 3 is 2.69 bits per heavy atom. The summed E-state index contributed by atoms with van der Waals surface area (Å²) in [5, 5.41) is 12.9. The highest BCUT2D eigenvalue weighted by atomic mass is 16.5. The molecule has 0 bridgehead atoms. The van der Waals surface area contributed by atoms with Crippen molar-refractivity contribution in [1.29, 1.82) is 0 Å². The molecule has 1 aliphatic rings. The normalized spacial score (nSPS) is 16.2. The first-order chi connectivity index (χ1) is 12.6. The molecule has 1 amide bonds. The Labute approximate surface area is 152 Å². The molecule has 140 valence electrons. The van der Waals surface area contributed by atoms with Gasteiger partial charge in [-0.05, 0) is 31.2 Å². The number of aryl methyl sites for hydroxylation is 1. The van der Waals surface area contributed by atoms with Gasteiger partial charge in [-0.3, -0.25) is 9.69 Å². The van der Waals surface area contributed by atoms with Gasteiger partial charge in [0.25, 0.3) is 5.91 Å². The zero-order valence-corrected chi connectivity index (χ0v) is 15.0. The molecule has 7 heteroatoms. The molecule has 1 unspecified atom stereocenters. The lowest BCUT2D eigenvalue weighted by Crippen LogP contribution is -2.43. The van der Waals surface area contributed by atoms with Crippen LogP contribution in [0.5, 0.6) is 11.5 Å². The molecule has 1 atom stereocenters. The van der Waals surface area contributed by atoms with Gasteiger partial charge in [0.15, 0.2) is 0 Å². The summed E-state index contributed by atoms with van der Waals surface area (Å²) in [6.45, 7) is 5.13. The Bertz CT molecular complexity index is 752. The highest BCUT2D eigenvalue weighted by molar-refractivity contribution is 5.97. The van der Waals surface area contributed by atoms with E-state index in [2.05, 4.69) is 10.2 Å². The van der Waals surface area contributed by atoms with Crippen LogP contribution in [0.2, 0.25) is 0 Å². The van der Waals surface area contributed by atoms with Crippen molar-refractivity contribution in [2.45, 2.75) is 13.0 Å². The molecule has 0 saturated carbocycles. The number of phenolic OH excluding ortho intramolecular Hbond substituents is 1. The molecule has 2 heterocycles. The first-order valence-electron chi connectivity index (χ1n) is 8.62. The molecule has 1 aromatic heterocycles. The number of carbonyl (C=O) groups excluding carboxylic acids is 1. The molecule has 1 aromatic carbocycles. The smallest absolute Gasteiger partial charge is 0.255 e. The zero-order chi connectivity index (χ0) is 18.5. The minimum atomic E-state index is -0.341. The van der Waals surface area contributed by atoms with Gasteiger partial charge in [-0.25, -0.2) is 0 Å². The summed E-state index contributed by atoms with van der Waals surface area (Å²) in [5.41, 5.74) is 0.210. The molecule has 1 aliphatic heterocycles. The number of carbonyl (C=O) groups is 1. The van der Waals surface area contributed by atoms with Crippen molar-refractivity contribution in [2.75, 3.05) is 40.0 Å². The average Bonchev–Trinajstić information content (AvgIpc) is 3.08. The summed E-state index contributed by atoms with van der Waals surface area (Å²) in [7, 11) is 1.51. The van der Waals surface area contributed by atoms with Gasteiger partial charge in [-0.2, -0.15) is 0 Å². The van der Waals surface area contributed by atoms with E-state index in [1.165, 1.54) is 13.2 Å². The van der Waals surface area contributed by atoms with E-state index in [1.54, 1.807) is 12.1 Å². The second-order valence-corrected chi connectivity index (χ2v) is 6.21. The lowest BCUT2D eigenvalue weighted by molar-refractivity contribution is 0.0117. The van der Waals surface area contributed by atoms with Crippen LogP contribution in [-0.4, -0.2) is 55.9 Å². The maximum Gasteiger partial charge on any atom is 0.255 e. The molecule has 2 aromatic rings.